The molecule has 118 valence electrons. The molecule has 0 saturated heterocycles. The molecule has 3 N–H and O–H groups in total. The molecule has 1 aromatic heterocycles. The minimum Gasteiger partial charge on any atom is -0.469 e. The molecule has 0 spiro atoms. The maximum Gasteiger partial charge on any atom is 0.307 e. The van der Waals surface area contributed by atoms with Crippen LogP contribution in [0.3, 0.4) is 0 Å². The molecule has 0 bridgehead atoms. The van der Waals surface area contributed by atoms with Crippen molar-refractivity contribution >= 4 is 23.3 Å². The number of esters is 1. The first-order valence-corrected chi connectivity index (χ1v) is 7.73. The molecule has 0 amide bonds. The van der Waals surface area contributed by atoms with Gasteiger partial charge in [0.05, 0.1) is 20.1 Å². The molecule has 0 fully saturated rings. The largest absolute Gasteiger partial charge is 0.469 e. The molecule has 1 rings (SSSR count). The second-order valence-corrected chi connectivity index (χ2v) is 5.65. The molecule has 0 aliphatic rings. The van der Waals surface area contributed by atoms with Gasteiger partial charge in [0.1, 0.15) is 5.60 Å². The minimum atomic E-state index is -1.00. The summed E-state index contributed by atoms with van der Waals surface area (Å²) in [6.07, 6.45) is 0.266. The van der Waals surface area contributed by atoms with Crippen LogP contribution in [0.5, 0.6) is 0 Å². The second-order valence-electron chi connectivity index (χ2n) is 4.70. The Balaban J connectivity index is 2.56. The van der Waals surface area contributed by atoms with Crippen molar-refractivity contribution < 1.29 is 14.6 Å². The van der Waals surface area contributed by atoms with E-state index in [4.69, 9.17) is 0 Å². The van der Waals surface area contributed by atoms with E-state index in [0.29, 0.717) is 19.0 Å². The Kier molecular flexibility index (Phi) is 7.18. The number of ether oxygens (including phenoxy) is 1. The number of carbonyl (C=O) groups excluding carboxylic acids is 1. The number of methoxy groups -OCH3 is 1. The lowest BCUT2D eigenvalue weighted by atomic mass is 10.1. The van der Waals surface area contributed by atoms with Crippen LogP contribution in [0.2, 0.25) is 0 Å². The third-order valence-electron chi connectivity index (χ3n) is 2.79. The van der Waals surface area contributed by atoms with Gasteiger partial charge in [0.2, 0.25) is 0 Å². The molecule has 7 heteroatoms. The number of nitrogens with zero attached hydrogens (tertiary/aromatic N) is 1. The Morgan fingerprint density at radius 3 is 2.86 bits per heavy atom. The SMILES string of the molecule is CCNC(=NCC(C)(O)c1cccs1)NCCC(=O)OC. The lowest BCUT2D eigenvalue weighted by Gasteiger charge is -2.20. The van der Waals surface area contributed by atoms with Gasteiger partial charge in [0.25, 0.3) is 0 Å². The Hall–Kier alpha value is -1.60. The molecule has 0 radical (unpaired) electrons. The summed E-state index contributed by atoms with van der Waals surface area (Å²) in [6, 6.07) is 3.79. The summed E-state index contributed by atoms with van der Waals surface area (Å²) < 4.78 is 4.58. The number of guanidine groups is 1. The molecule has 1 heterocycles. The van der Waals surface area contributed by atoms with Gasteiger partial charge in [0.15, 0.2) is 5.96 Å². The lowest BCUT2D eigenvalue weighted by molar-refractivity contribution is -0.140. The topological polar surface area (TPSA) is 83.0 Å². The van der Waals surface area contributed by atoms with Crippen molar-refractivity contribution in [3.05, 3.63) is 22.4 Å². The number of aliphatic hydroxyl groups is 1. The van der Waals surface area contributed by atoms with Crippen molar-refractivity contribution in [1.29, 1.82) is 0 Å². The van der Waals surface area contributed by atoms with E-state index >= 15 is 0 Å². The second kappa shape index (κ2) is 8.63. The van der Waals surface area contributed by atoms with Crippen molar-refractivity contribution in [3.8, 4) is 0 Å². The molecular weight excluding hydrogens is 290 g/mol. The molecule has 1 aromatic rings. The molecular formula is C14H23N3O3S. The first kappa shape index (κ1) is 17.5. The van der Waals surface area contributed by atoms with E-state index < -0.39 is 5.60 Å². The minimum absolute atomic E-state index is 0.237. The number of hydrogen-bond donors (Lipinski definition) is 3. The molecule has 0 saturated carbocycles. The molecule has 1 atom stereocenters. The van der Waals surface area contributed by atoms with Crippen molar-refractivity contribution in [3.63, 3.8) is 0 Å². The smallest absolute Gasteiger partial charge is 0.307 e. The third-order valence-corrected chi connectivity index (χ3v) is 3.91. The predicted octanol–water partition coefficient (Wildman–Crippen LogP) is 1.07. The first-order valence-electron chi connectivity index (χ1n) is 6.85. The Bertz CT molecular complexity index is 458. The number of thiophene rings is 1. The normalized spacial score (nSPS) is 14.4. The number of carbonyl (C=O) groups is 1. The predicted molar refractivity (Wildman–Crippen MR) is 84.5 cm³/mol. The van der Waals surface area contributed by atoms with Gasteiger partial charge in [-0.2, -0.15) is 0 Å². The summed E-state index contributed by atoms with van der Waals surface area (Å²) in [5, 5.41) is 18.4. The van der Waals surface area contributed by atoms with E-state index in [1.54, 1.807) is 6.92 Å². The van der Waals surface area contributed by atoms with Crippen LogP contribution >= 0.6 is 11.3 Å². The van der Waals surface area contributed by atoms with Gasteiger partial charge in [-0.15, -0.1) is 11.3 Å². The zero-order valence-corrected chi connectivity index (χ0v) is 13.5. The van der Waals surface area contributed by atoms with E-state index in [9.17, 15) is 9.90 Å². The summed E-state index contributed by atoms with van der Waals surface area (Å²) in [4.78, 5) is 16.3. The summed E-state index contributed by atoms with van der Waals surface area (Å²) in [7, 11) is 1.36. The maximum atomic E-state index is 11.1. The van der Waals surface area contributed by atoms with Crippen molar-refractivity contribution in [2.75, 3.05) is 26.7 Å². The Morgan fingerprint density at radius 2 is 2.29 bits per heavy atom. The van der Waals surface area contributed by atoms with E-state index in [0.717, 1.165) is 4.88 Å². The number of hydrogen-bond acceptors (Lipinski definition) is 5. The highest BCUT2D eigenvalue weighted by molar-refractivity contribution is 7.10. The van der Waals surface area contributed by atoms with Gasteiger partial charge in [0, 0.05) is 18.0 Å². The lowest BCUT2D eigenvalue weighted by Crippen LogP contribution is -2.39. The van der Waals surface area contributed by atoms with Crippen LogP contribution in [0.4, 0.5) is 0 Å². The number of rotatable bonds is 7. The Labute approximate surface area is 129 Å². The number of aliphatic imine (C=N–C) groups is 1. The highest BCUT2D eigenvalue weighted by Gasteiger charge is 2.23. The highest BCUT2D eigenvalue weighted by Crippen LogP contribution is 2.25. The molecule has 1 unspecified atom stereocenters. The van der Waals surface area contributed by atoms with E-state index in [2.05, 4.69) is 20.4 Å². The van der Waals surface area contributed by atoms with E-state index in [1.807, 2.05) is 24.4 Å². The summed E-state index contributed by atoms with van der Waals surface area (Å²) in [5.41, 5.74) is -1.00. The molecule has 21 heavy (non-hydrogen) atoms. The van der Waals surface area contributed by atoms with Gasteiger partial charge in [-0.3, -0.25) is 4.79 Å². The van der Waals surface area contributed by atoms with Crippen LogP contribution in [-0.4, -0.2) is 43.8 Å². The van der Waals surface area contributed by atoms with Crippen molar-refractivity contribution in [1.82, 2.24) is 10.6 Å². The fourth-order valence-corrected chi connectivity index (χ4v) is 2.40. The van der Waals surface area contributed by atoms with Gasteiger partial charge < -0.3 is 20.5 Å². The standard InChI is InChI=1S/C14H23N3O3S/c1-4-15-13(16-8-7-12(18)20-3)17-10-14(2,19)11-6-5-9-21-11/h5-6,9,19H,4,7-8,10H2,1-3H3,(H2,15,16,17). The monoisotopic (exact) mass is 313 g/mol. The third kappa shape index (κ3) is 6.14. The van der Waals surface area contributed by atoms with Gasteiger partial charge in [-0.05, 0) is 25.3 Å². The summed E-state index contributed by atoms with van der Waals surface area (Å²) in [6.45, 7) is 5.06. The molecule has 0 aromatic carbocycles. The molecule has 0 aliphatic carbocycles. The van der Waals surface area contributed by atoms with Gasteiger partial charge in [-0.25, -0.2) is 4.99 Å². The van der Waals surface area contributed by atoms with Crippen LogP contribution in [-0.2, 0) is 15.1 Å². The fraction of sp³-hybridized carbons (Fsp3) is 0.571. The fourth-order valence-electron chi connectivity index (χ4n) is 1.62. The summed E-state index contributed by atoms with van der Waals surface area (Å²) >= 11 is 1.50. The van der Waals surface area contributed by atoms with Crippen LogP contribution in [0.25, 0.3) is 0 Å². The average molecular weight is 313 g/mol. The van der Waals surface area contributed by atoms with Gasteiger partial charge in [-0.1, -0.05) is 6.07 Å². The zero-order valence-electron chi connectivity index (χ0n) is 12.7. The van der Waals surface area contributed by atoms with Crippen LogP contribution < -0.4 is 10.6 Å². The first-order chi connectivity index (χ1) is 9.99. The van der Waals surface area contributed by atoms with Crippen LogP contribution in [0.1, 0.15) is 25.1 Å². The maximum absolute atomic E-state index is 11.1. The van der Waals surface area contributed by atoms with Gasteiger partial charge >= 0.3 is 5.97 Å². The van der Waals surface area contributed by atoms with Crippen molar-refractivity contribution in [2.45, 2.75) is 25.9 Å². The molecule has 6 nitrogen and oxygen atoms in total. The zero-order chi connectivity index (χ0) is 15.7. The van der Waals surface area contributed by atoms with E-state index in [-0.39, 0.29) is 18.9 Å². The van der Waals surface area contributed by atoms with E-state index in [1.165, 1.54) is 18.4 Å². The van der Waals surface area contributed by atoms with Crippen molar-refractivity contribution in [2.24, 2.45) is 4.99 Å². The van der Waals surface area contributed by atoms with Crippen LogP contribution in [0.15, 0.2) is 22.5 Å². The summed E-state index contributed by atoms with van der Waals surface area (Å²) in [5.74, 6) is 0.294. The number of nitrogens with one attached hydrogen (secondary N) is 2. The highest BCUT2D eigenvalue weighted by atomic mass is 32.1. The average Bonchev–Trinajstić information content (AvgIpc) is 2.99. The Morgan fingerprint density at radius 1 is 1.52 bits per heavy atom. The quantitative estimate of drug-likeness (QED) is 0.398. The molecule has 0 aliphatic heterocycles. The van der Waals surface area contributed by atoms with Crippen LogP contribution in [0, 0.1) is 0 Å².